The van der Waals surface area contributed by atoms with Gasteiger partial charge in [-0.25, -0.2) is 8.42 Å². The van der Waals surface area contributed by atoms with E-state index in [-0.39, 0.29) is 18.6 Å². The number of sulfonamides is 1. The summed E-state index contributed by atoms with van der Waals surface area (Å²) in [6.45, 7) is 2.16. The zero-order valence-corrected chi connectivity index (χ0v) is 15.0. The van der Waals surface area contributed by atoms with Crippen LogP contribution >= 0.6 is 0 Å². The van der Waals surface area contributed by atoms with E-state index >= 15 is 0 Å². The lowest BCUT2D eigenvalue weighted by Gasteiger charge is -2.16. The van der Waals surface area contributed by atoms with Gasteiger partial charge < -0.3 is 10.1 Å². The molecule has 1 unspecified atom stereocenters. The van der Waals surface area contributed by atoms with Crippen LogP contribution in [-0.4, -0.2) is 27.2 Å². The van der Waals surface area contributed by atoms with Crippen molar-refractivity contribution in [2.24, 2.45) is 0 Å². The first kappa shape index (κ1) is 19.0. The Hall–Kier alpha value is -2.38. The van der Waals surface area contributed by atoms with Crippen molar-refractivity contribution in [3.63, 3.8) is 0 Å². The van der Waals surface area contributed by atoms with E-state index < -0.39 is 10.0 Å². The number of ether oxygens (including phenoxy) is 1. The largest absolute Gasteiger partial charge is 0.367 e. The molecule has 6 nitrogen and oxygen atoms in total. The van der Waals surface area contributed by atoms with Crippen molar-refractivity contribution in [1.82, 2.24) is 5.32 Å². The molecule has 0 spiro atoms. The van der Waals surface area contributed by atoms with Crippen LogP contribution in [-0.2, 0) is 26.2 Å². The van der Waals surface area contributed by atoms with Gasteiger partial charge in [-0.15, -0.1) is 0 Å². The molecule has 0 aliphatic rings. The van der Waals surface area contributed by atoms with E-state index in [0.717, 1.165) is 17.4 Å². The number of anilines is 1. The molecule has 1 atom stereocenters. The molecule has 2 N–H and O–H groups in total. The highest BCUT2D eigenvalue weighted by Gasteiger charge is 2.11. The van der Waals surface area contributed by atoms with Gasteiger partial charge in [0.1, 0.15) is 6.61 Å². The molecular weight excluding hydrogens is 340 g/mol. The molecule has 7 heteroatoms. The first-order valence-corrected chi connectivity index (χ1v) is 9.71. The van der Waals surface area contributed by atoms with Crippen molar-refractivity contribution in [3.8, 4) is 0 Å². The molecule has 2 rings (SSSR count). The van der Waals surface area contributed by atoms with Gasteiger partial charge in [0.2, 0.25) is 15.9 Å². The Labute approximate surface area is 148 Å². The molecule has 0 radical (unpaired) electrons. The Bertz CT molecular complexity index is 807. The molecular formula is C18H22N2O4S. The standard InChI is InChI=1S/C18H22N2O4S/c1-14(16-9-6-10-17(11-16)20-25(2,22)23)19-18(21)13-24-12-15-7-4-3-5-8-15/h3-11,14,20H,12-13H2,1-2H3,(H,19,21). The number of carbonyl (C=O) groups is 1. The van der Waals surface area contributed by atoms with Gasteiger partial charge in [0.25, 0.3) is 0 Å². The van der Waals surface area contributed by atoms with Gasteiger partial charge in [0.05, 0.1) is 18.9 Å². The Morgan fingerprint density at radius 3 is 2.52 bits per heavy atom. The molecule has 1 amide bonds. The van der Waals surface area contributed by atoms with Crippen LogP contribution in [0, 0.1) is 0 Å². The highest BCUT2D eigenvalue weighted by atomic mass is 32.2. The fourth-order valence-electron chi connectivity index (χ4n) is 2.29. The lowest BCUT2D eigenvalue weighted by molar-refractivity contribution is -0.126. The molecule has 0 saturated heterocycles. The molecule has 25 heavy (non-hydrogen) atoms. The van der Waals surface area contributed by atoms with Gasteiger partial charge in [0, 0.05) is 5.69 Å². The number of nitrogens with one attached hydrogen (secondary N) is 2. The van der Waals surface area contributed by atoms with Crippen LogP contribution in [0.1, 0.15) is 24.1 Å². The maximum Gasteiger partial charge on any atom is 0.246 e. The van der Waals surface area contributed by atoms with Gasteiger partial charge >= 0.3 is 0 Å². The van der Waals surface area contributed by atoms with Gasteiger partial charge in [-0.05, 0) is 30.2 Å². The summed E-state index contributed by atoms with van der Waals surface area (Å²) in [6, 6.07) is 16.2. The van der Waals surface area contributed by atoms with Crippen molar-refractivity contribution in [2.75, 3.05) is 17.6 Å². The maximum atomic E-state index is 12.0. The van der Waals surface area contributed by atoms with E-state index in [4.69, 9.17) is 4.74 Å². The second-order valence-corrected chi connectivity index (χ2v) is 7.52. The van der Waals surface area contributed by atoms with E-state index in [1.807, 2.05) is 43.3 Å². The van der Waals surface area contributed by atoms with E-state index in [1.54, 1.807) is 18.2 Å². The van der Waals surface area contributed by atoms with Crippen molar-refractivity contribution in [3.05, 3.63) is 65.7 Å². The van der Waals surface area contributed by atoms with Crippen molar-refractivity contribution in [2.45, 2.75) is 19.6 Å². The van der Waals surface area contributed by atoms with Crippen molar-refractivity contribution >= 4 is 21.6 Å². The van der Waals surface area contributed by atoms with Gasteiger partial charge in [-0.1, -0.05) is 42.5 Å². The molecule has 0 aliphatic carbocycles. The smallest absolute Gasteiger partial charge is 0.246 e. The summed E-state index contributed by atoms with van der Waals surface area (Å²) >= 11 is 0. The van der Waals surface area contributed by atoms with Crippen LogP contribution in [0.4, 0.5) is 5.69 Å². The average molecular weight is 362 g/mol. The maximum absolute atomic E-state index is 12.0. The second-order valence-electron chi connectivity index (χ2n) is 5.77. The molecule has 0 aromatic heterocycles. The lowest BCUT2D eigenvalue weighted by atomic mass is 10.1. The minimum absolute atomic E-state index is 0.0412. The molecule has 0 aliphatic heterocycles. The number of amides is 1. The van der Waals surface area contributed by atoms with Crippen LogP contribution in [0.5, 0.6) is 0 Å². The number of hydrogen-bond donors (Lipinski definition) is 2. The number of benzene rings is 2. The Morgan fingerprint density at radius 1 is 1.12 bits per heavy atom. The van der Waals surface area contributed by atoms with E-state index in [9.17, 15) is 13.2 Å². The summed E-state index contributed by atoms with van der Waals surface area (Å²) in [7, 11) is -3.34. The minimum Gasteiger partial charge on any atom is -0.367 e. The van der Waals surface area contributed by atoms with Gasteiger partial charge in [-0.3, -0.25) is 9.52 Å². The topological polar surface area (TPSA) is 84.5 Å². The highest BCUT2D eigenvalue weighted by Crippen LogP contribution is 2.18. The molecule has 0 fully saturated rings. The van der Waals surface area contributed by atoms with Crippen molar-refractivity contribution < 1.29 is 17.9 Å². The molecule has 0 heterocycles. The third-order valence-corrected chi connectivity index (χ3v) is 4.02. The van der Waals surface area contributed by atoms with Crippen LogP contribution < -0.4 is 10.0 Å². The van der Waals surface area contributed by atoms with Gasteiger partial charge in [0.15, 0.2) is 0 Å². The van der Waals surface area contributed by atoms with Crippen LogP contribution in [0.3, 0.4) is 0 Å². The van der Waals surface area contributed by atoms with Crippen LogP contribution in [0.2, 0.25) is 0 Å². The number of carbonyl (C=O) groups excluding carboxylic acids is 1. The third kappa shape index (κ3) is 6.94. The minimum atomic E-state index is -3.34. The second kappa shape index (κ2) is 8.64. The Kier molecular flexibility index (Phi) is 6.55. The molecule has 0 saturated carbocycles. The fraction of sp³-hybridized carbons (Fsp3) is 0.278. The number of rotatable bonds is 8. The fourth-order valence-corrected chi connectivity index (χ4v) is 2.84. The van der Waals surface area contributed by atoms with Crippen LogP contribution in [0.15, 0.2) is 54.6 Å². The predicted molar refractivity (Wildman–Crippen MR) is 97.6 cm³/mol. The zero-order valence-electron chi connectivity index (χ0n) is 14.2. The summed E-state index contributed by atoms with van der Waals surface area (Å²) in [5, 5.41) is 2.83. The molecule has 2 aromatic rings. The monoisotopic (exact) mass is 362 g/mol. The quantitative estimate of drug-likeness (QED) is 0.755. The summed E-state index contributed by atoms with van der Waals surface area (Å²) < 4.78 is 30.4. The molecule has 2 aromatic carbocycles. The Balaban J connectivity index is 1.85. The average Bonchev–Trinajstić information content (AvgIpc) is 2.54. The summed E-state index contributed by atoms with van der Waals surface area (Å²) in [6.07, 6.45) is 1.09. The third-order valence-electron chi connectivity index (χ3n) is 3.41. The Morgan fingerprint density at radius 2 is 1.84 bits per heavy atom. The SMILES string of the molecule is CC(NC(=O)COCc1ccccc1)c1cccc(NS(C)(=O)=O)c1. The first-order chi connectivity index (χ1) is 11.8. The zero-order chi connectivity index (χ0) is 18.3. The molecule has 0 bridgehead atoms. The highest BCUT2D eigenvalue weighted by molar-refractivity contribution is 7.92. The van der Waals surface area contributed by atoms with Crippen LogP contribution in [0.25, 0.3) is 0 Å². The summed E-state index contributed by atoms with van der Waals surface area (Å²) in [4.78, 5) is 12.0. The number of hydrogen-bond acceptors (Lipinski definition) is 4. The summed E-state index contributed by atoms with van der Waals surface area (Å²) in [5.41, 5.74) is 2.26. The lowest BCUT2D eigenvalue weighted by Crippen LogP contribution is -2.30. The summed E-state index contributed by atoms with van der Waals surface area (Å²) in [5.74, 6) is -0.232. The van der Waals surface area contributed by atoms with E-state index in [2.05, 4.69) is 10.0 Å². The molecule has 134 valence electrons. The first-order valence-electron chi connectivity index (χ1n) is 7.82. The van der Waals surface area contributed by atoms with Gasteiger partial charge in [-0.2, -0.15) is 0 Å². The normalized spacial score (nSPS) is 12.4. The predicted octanol–water partition coefficient (Wildman–Crippen LogP) is 2.45. The van der Waals surface area contributed by atoms with Crippen molar-refractivity contribution in [1.29, 1.82) is 0 Å². The van der Waals surface area contributed by atoms with E-state index in [0.29, 0.717) is 12.3 Å². The van der Waals surface area contributed by atoms with E-state index in [1.165, 1.54) is 0 Å².